The first-order valence-electron chi connectivity index (χ1n) is 6.46. The normalized spacial score (nSPS) is 10.3. The van der Waals surface area contributed by atoms with E-state index in [1.165, 1.54) is 0 Å². The standard InChI is InChI=1S/C14H22N2O3/c1-4-10(5-2)16-14(17)9-19-13-7-6-11(18-3)8-12(13)15/h6-8,10H,4-5,9,15H2,1-3H3,(H,16,17). The minimum Gasteiger partial charge on any atom is -0.497 e. The molecule has 5 heteroatoms. The van der Waals surface area contributed by atoms with Crippen molar-refractivity contribution in [2.24, 2.45) is 0 Å². The summed E-state index contributed by atoms with van der Waals surface area (Å²) < 4.78 is 10.4. The SMILES string of the molecule is CCC(CC)NC(=O)COc1ccc(OC)cc1N. The summed E-state index contributed by atoms with van der Waals surface area (Å²) in [4.78, 5) is 11.7. The molecule has 0 radical (unpaired) electrons. The highest BCUT2D eigenvalue weighted by Gasteiger charge is 2.10. The van der Waals surface area contributed by atoms with E-state index in [9.17, 15) is 4.79 Å². The lowest BCUT2D eigenvalue weighted by atomic mass is 10.2. The maximum absolute atomic E-state index is 11.7. The fraction of sp³-hybridized carbons (Fsp3) is 0.500. The van der Waals surface area contributed by atoms with Crippen LogP contribution in [-0.4, -0.2) is 25.7 Å². The zero-order valence-electron chi connectivity index (χ0n) is 11.7. The van der Waals surface area contributed by atoms with Gasteiger partial charge >= 0.3 is 0 Å². The Kier molecular flexibility index (Phi) is 5.99. The molecule has 0 atom stereocenters. The molecular weight excluding hydrogens is 244 g/mol. The third-order valence-electron chi connectivity index (χ3n) is 2.93. The number of nitrogen functional groups attached to an aromatic ring is 1. The van der Waals surface area contributed by atoms with Gasteiger partial charge in [-0.1, -0.05) is 13.8 Å². The third-order valence-corrected chi connectivity index (χ3v) is 2.93. The number of benzene rings is 1. The van der Waals surface area contributed by atoms with Gasteiger partial charge in [-0.2, -0.15) is 0 Å². The monoisotopic (exact) mass is 266 g/mol. The zero-order chi connectivity index (χ0) is 14.3. The highest BCUT2D eigenvalue weighted by Crippen LogP contribution is 2.25. The van der Waals surface area contributed by atoms with Gasteiger partial charge in [0.1, 0.15) is 11.5 Å². The summed E-state index contributed by atoms with van der Waals surface area (Å²) in [6.07, 6.45) is 1.82. The molecule has 5 nitrogen and oxygen atoms in total. The molecule has 0 saturated carbocycles. The number of carbonyl (C=O) groups excluding carboxylic acids is 1. The van der Waals surface area contributed by atoms with E-state index < -0.39 is 0 Å². The summed E-state index contributed by atoms with van der Waals surface area (Å²) in [6.45, 7) is 4.04. The van der Waals surface area contributed by atoms with E-state index in [0.29, 0.717) is 17.2 Å². The number of amides is 1. The zero-order valence-corrected chi connectivity index (χ0v) is 11.7. The van der Waals surface area contributed by atoms with E-state index in [1.807, 2.05) is 13.8 Å². The summed E-state index contributed by atoms with van der Waals surface area (Å²) in [7, 11) is 1.57. The molecule has 0 aliphatic heterocycles. The molecule has 1 amide bonds. The van der Waals surface area contributed by atoms with E-state index >= 15 is 0 Å². The second kappa shape index (κ2) is 7.51. The minimum absolute atomic E-state index is 0.0347. The van der Waals surface area contributed by atoms with Crippen LogP contribution in [0.25, 0.3) is 0 Å². The summed E-state index contributed by atoms with van der Waals surface area (Å²) in [5.41, 5.74) is 6.25. The van der Waals surface area contributed by atoms with Gasteiger partial charge in [-0.15, -0.1) is 0 Å². The van der Waals surface area contributed by atoms with Gasteiger partial charge in [-0.3, -0.25) is 4.79 Å². The average molecular weight is 266 g/mol. The number of anilines is 1. The third kappa shape index (κ3) is 4.69. The van der Waals surface area contributed by atoms with Crippen LogP contribution in [0.15, 0.2) is 18.2 Å². The van der Waals surface area contributed by atoms with Crippen LogP contribution >= 0.6 is 0 Å². The number of hydrogen-bond donors (Lipinski definition) is 2. The fourth-order valence-electron chi connectivity index (χ4n) is 1.69. The lowest BCUT2D eigenvalue weighted by molar-refractivity contribution is -0.123. The number of rotatable bonds is 7. The average Bonchev–Trinajstić information content (AvgIpc) is 2.43. The van der Waals surface area contributed by atoms with Crippen LogP contribution in [-0.2, 0) is 4.79 Å². The molecule has 0 unspecified atom stereocenters. The Balaban J connectivity index is 2.50. The van der Waals surface area contributed by atoms with Gasteiger partial charge in [0.15, 0.2) is 6.61 Å². The molecule has 0 saturated heterocycles. The molecule has 1 aromatic rings. The lowest BCUT2D eigenvalue weighted by Crippen LogP contribution is -2.37. The molecule has 0 heterocycles. The van der Waals surface area contributed by atoms with Crippen molar-refractivity contribution < 1.29 is 14.3 Å². The first-order chi connectivity index (χ1) is 9.10. The molecule has 19 heavy (non-hydrogen) atoms. The molecule has 0 bridgehead atoms. The molecule has 0 spiro atoms. The summed E-state index contributed by atoms with van der Waals surface area (Å²) in [5, 5.41) is 2.90. The molecular formula is C14H22N2O3. The Bertz CT molecular complexity index is 417. The van der Waals surface area contributed by atoms with Gasteiger partial charge < -0.3 is 20.5 Å². The molecule has 106 valence electrons. The molecule has 0 aliphatic rings. The van der Waals surface area contributed by atoms with E-state index in [0.717, 1.165) is 12.8 Å². The van der Waals surface area contributed by atoms with E-state index in [1.54, 1.807) is 25.3 Å². The predicted molar refractivity (Wildman–Crippen MR) is 75.4 cm³/mol. The van der Waals surface area contributed by atoms with Crippen LogP contribution in [0.3, 0.4) is 0 Å². The van der Waals surface area contributed by atoms with Crippen LogP contribution in [0.4, 0.5) is 5.69 Å². The number of nitrogens with two attached hydrogens (primary N) is 1. The Labute approximate surface area is 114 Å². The van der Waals surface area contributed by atoms with Crippen molar-refractivity contribution in [2.75, 3.05) is 19.5 Å². The minimum atomic E-state index is -0.135. The summed E-state index contributed by atoms with van der Waals surface area (Å²) >= 11 is 0. The predicted octanol–water partition coefficient (Wildman–Crippen LogP) is 1.96. The highest BCUT2D eigenvalue weighted by molar-refractivity contribution is 5.78. The maximum atomic E-state index is 11.7. The molecule has 3 N–H and O–H groups in total. The maximum Gasteiger partial charge on any atom is 0.258 e. The lowest BCUT2D eigenvalue weighted by Gasteiger charge is -2.15. The van der Waals surface area contributed by atoms with Crippen molar-refractivity contribution in [3.8, 4) is 11.5 Å². The van der Waals surface area contributed by atoms with Gasteiger partial charge in [0.05, 0.1) is 12.8 Å². The molecule has 0 aromatic heterocycles. The van der Waals surface area contributed by atoms with Crippen molar-refractivity contribution in [2.45, 2.75) is 32.7 Å². The first-order valence-corrected chi connectivity index (χ1v) is 6.46. The highest BCUT2D eigenvalue weighted by atomic mass is 16.5. The van der Waals surface area contributed by atoms with Crippen molar-refractivity contribution in [3.63, 3.8) is 0 Å². The topological polar surface area (TPSA) is 73.6 Å². The van der Waals surface area contributed by atoms with Gasteiger partial charge in [0, 0.05) is 12.1 Å². The van der Waals surface area contributed by atoms with Gasteiger partial charge in [-0.05, 0) is 25.0 Å². The van der Waals surface area contributed by atoms with Gasteiger partial charge in [0.25, 0.3) is 5.91 Å². The molecule has 1 rings (SSSR count). The first kappa shape index (κ1) is 15.1. The van der Waals surface area contributed by atoms with Crippen LogP contribution in [0.2, 0.25) is 0 Å². The number of nitrogens with one attached hydrogen (secondary N) is 1. The Morgan fingerprint density at radius 1 is 1.37 bits per heavy atom. The molecule has 1 aromatic carbocycles. The fourth-order valence-corrected chi connectivity index (χ4v) is 1.69. The Morgan fingerprint density at radius 2 is 2.05 bits per heavy atom. The van der Waals surface area contributed by atoms with Gasteiger partial charge in [0.2, 0.25) is 0 Å². The summed E-state index contributed by atoms with van der Waals surface area (Å²) in [5.74, 6) is 1.01. The second-order valence-corrected chi connectivity index (χ2v) is 4.27. The van der Waals surface area contributed by atoms with Crippen LogP contribution in [0.5, 0.6) is 11.5 Å². The van der Waals surface area contributed by atoms with Crippen molar-refractivity contribution in [3.05, 3.63) is 18.2 Å². The van der Waals surface area contributed by atoms with Crippen molar-refractivity contribution >= 4 is 11.6 Å². The van der Waals surface area contributed by atoms with Crippen LogP contribution < -0.4 is 20.5 Å². The molecule has 0 aliphatic carbocycles. The Morgan fingerprint density at radius 3 is 2.58 bits per heavy atom. The van der Waals surface area contributed by atoms with E-state index in [4.69, 9.17) is 15.2 Å². The van der Waals surface area contributed by atoms with Crippen LogP contribution in [0, 0.1) is 0 Å². The quantitative estimate of drug-likeness (QED) is 0.740. The van der Waals surface area contributed by atoms with E-state index in [2.05, 4.69) is 5.32 Å². The van der Waals surface area contributed by atoms with E-state index in [-0.39, 0.29) is 18.6 Å². The summed E-state index contributed by atoms with van der Waals surface area (Å²) in [6, 6.07) is 5.29. The smallest absolute Gasteiger partial charge is 0.258 e. The van der Waals surface area contributed by atoms with Crippen LogP contribution in [0.1, 0.15) is 26.7 Å². The Hall–Kier alpha value is -1.91. The number of methoxy groups -OCH3 is 1. The van der Waals surface area contributed by atoms with Gasteiger partial charge in [-0.25, -0.2) is 0 Å². The second-order valence-electron chi connectivity index (χ2n) is 4.27. The number of hydrogen-bond acceptors (Lipinski definition) is 4. The largest absolute Gasteiger partial charge is 0.497 e. The molecule has 0 fully saturated rings. The van der Waals surface area contributed by atoms with Crippen molar-refractivity contribution in [1.82, 2.24) is 5.32 Å². The number of carbonyl (C=O) groups is 1. The number of ether oxygens (including phenoxy) is 2. The van der Waals surface area contributed by atoms with Crippen molar-refractivity contribution in [1.29, 1.82) is 0 Å².